The maximum atomic E-state index is 12.9. The minimum atomic E-state index is -1.17. The Morgan fingerprint density at radius 3 is 2.16 bits per heavy atom. The molecule has 0 saturated carbocycles. The number of hydrogen-bond acceptors (Lipinski definition) is 9. The number of carbonyl (C=O) groups is 3. The lowest BCUT2D eigenvalue weighted by atomic mass is 10.0. The molecule has 0 radical (unpaired) electrons. The maximum absolute atomic E-state index is 12.9. The van der Waals surface area contributed by atoms with Gasteiger partial charge >= 0.3 is 12.1 Å². The zero-order chi connectivity index (χ0) is 32.7. The number of hydrogen-bond donors (Lipinski definition) is 2. The Morgan fingerprint density at radius 1 is 0.932 bits per heavy atom. The molecule has 11 heteroatoms. The summed E-state index contributed by atoms with van der Waals surface area (Å²) in [5, 5.41) is 0. The molecule has 3 aromatic rings. The molecule has 2 amide bonds. The van der Waals surface area contributed by atoms with Crippen molar-refractivity contribution in [2.75, 3.05) is 13.2 Å². The highest BCUT2D eigenvalue weighted by atomic mass is 16.6. The summed E-state index contributed by atoms with van der Waals surface area (Å²) in [4.78, 5) is 44.0. The number of ether oxygens (including phenoxy) is 3. The molecule has 0 spiro atoms. The Balaban J connectivity index is 1.83. The zero-order valence-corrected chi connectivity index (χ0v) is 27.1. The number of esters is 1. The predicted molar refractivity (Wildman–Crippen MR) is 166 cm³/mol. The van der Waals surface area contributed by atoms with Gasteiger partial charge in [0.15, 0.2) is 5.60 Å². The van der Waals surface area contributed by atoms with Gasteiger partial charge in [-0.1, -0.05) is 30.3 Å². The van der Waals surface area contributed by atoms with Crippen LogP contribution in [0.3, 0.4) is 0 Å². The zero-order valence-electron chi connectivity index (χ0n) is 27.1. The van der Waals surface area contributed by atoms with E-state index in [-0.39, 0.29) is 13.2 Å². The van der Waals surface area contributed by atoms with Crippen LogP contribution < -0.4 is 15.6 Å². The van der Waals surface area contributed by atoms with Crippen LogP contribution in [0, 0.1) is 20.8 Å². The number of carbonyl (C=O) groups excluding carboxylic acids is 3. The largest absolute Gasteiger partial charge is 0.476 e. The van der Waals surface area contributed by atoms with E-state index in [1.165, 1.54) is 0 Å². The second kappa shape index (κ2) is 14.4. The Morgan fingerprint density at radius 2 is 1.57 bits per heavy atom. The smallest absolute Gasteiger partial charge is 0.426 e. The normalized spacial score (nSPS) is 11.7. The first-order valence-electron chi connectivity index (χ1n) is 14.6. The van der Waals surface area contributed by atoms with Gasteiger partial charge in [0.2, 0.25) is 5.89 Å². The minimum absolute atomic E-state index is 0.0605. The molecule has 11 nitrogen and oxygen atoms in total. The highest BCUT2D eigenvalue weighted by molar-refractivity contribution is 5.81. The van der Waals surface area contributed by atoms with Crippen molar-refractivity contribution in [2.24, 2.45) is 0 Å². The van der Waals surface area contributed by atoms with E-state index in [4.69, 9.17) is 23.6 Å². The van der Waals surface area contributed by atoms with Gasteiger partial charge in [0.1, 0.15) is 17.1 Å². The summed E-state index contributed by atoms with van der Waals surface area (Å²) >= 11 is 0. The molecule has 3 rings (SSSR count). The Kier molecular flexibility index (Phi) is 11.2. The second-order valence-corrected chi connectivity index (χ2v) is 12.1. The van der Waals surface area contributed by atoms with Gasteiger partial charge in [-0.05, 0) is 91.1 Å². The third kappa shape index (κ3) is 9.84. The number of aromatic nitrogens is 1. The molecular formula is C33H44N4O7. The van der Waals surface area contributed by atoms with E-state index < -0.39 is 29.2 Å². The van der Waals surface area contributed by atoms with Gasteiger partial charge in [0.25, 0.3) is 5.91 Å². The number of nitrogens with zero attached hydrogens (tertiary/aromatic N) is 2. The second-order valence-electron chi connectivity index (χ2n) is 12.1. The van der Waals surface area contributed by atoms with E-state index in [1.807, 2.05) is 68.1 Å². The van der Waals surface area contributed by atoms with Gasteiger partial charge in [0.05, 0.1) is 18.8 Å². The summed E-state index contributed by atoms with van der Waals surface area (Å²) in [6.07, 6.45) is -0.759. The average Bonchev–Trinajstić information content (AvgIpc) is 3.29. The van der Waals surface area contributed by atoms with E-state index in [1.54, 1.807) is 41.5 Å². The molecule has 2 N–H and O–H groups in total. The van der Waals surface area contributed by atoms with E-state index in [0.29, 0.717) is 36.2 Å². The van der Waals surface area contributed by atoms with Gasteiger partial charge < -0.3 is 18.6 Å². The van der Waals surface area contributed by atoms with E-state index >= 15 is 0 Å². The van der Waals surface area contributed by atoms with Crippen LogP contribution in [-0.2, 0) is 32.2 Å². The molecule has 0 fully saturated rings. The van der Waals surface area contributed by atoms with Crippen LogP contribution in [0.1, 0.15) is 69.7 Å². The summed E-state index contributed by atoms with van der Waals surface area (Å²) in [7, 11) is 0. The van der Waals surface area contributed by atoms with Crippen molar-refractivity contribution < 1.29 is 33.0 Å². The standard InChI is InChI=1S/C33H44N4O7/c1-10-41-30(39)33(8,9)43-28-21(2)16-24(17-22(28)3)18-37(20-27(38)35-36-31(40)44-32(5,6)7)19-26-23(4)42-29(34-26)25-14-12-11-13-15-25/h11-17H,10,18-20H2,1-9H3,(H,35,38)(H,36,40). The van der Waals surface area contributed by atoms with Crippen LogP contribution in [0.15, 0.2) is 46.9 Å². The molecule has 44 heavy (non-hydrogen) atoms. The fourth-order valence-corrected chi connectivity index (χ4v) is 4.48. The lowest BCUT2D eigenvalue weighted by Gasteiger charge is -2.27. The first-order chi connectivity index (χ1) is 20.6. The van der Waals surface area contributed by atoms with Crippen LogP contribution in [0.4, 0.5) is 4.79 Å². The molecule has 238 valence electrons. The number of oxazole rings is 1. The quantitative estimate of drug-likeness (QED) is 0.213. The average molecular weight is 609 g/mol. The highest BCUT2D eigenvalue weighted by Crippen LogP contribution is 2.30. The number of rotatable bonds is 11. The van der Waals surface area contributed by atoms with Crippen molar-refractivity contribution in [2.45, 2.75) is 86.6 Å². The van der Waals surface area contributed by atoms with Crippen molar-refractivity contribution >= 4 is 18.0 Å². The van der Waals surface area contributed by atoms with Crippen LogP contribution in [-0.4, -0.2) is 52.2 Å². The molecule has 1 aromatic heterocycles. The van der Waals surface area contributed by atoms with Crippen LogP contribution >= 0.6 is 0 Å². The fourth-order valence-electron chi connectivity index (χ4n) is 4.48. The van der Waals surface area contributed by atoms with Gasteiger partial charge in [-0.2, -0.15) is 0 Å². The van der Waals surface area contributed by atoms with Crippen LogP contribution in [0.2, 0.25) is 0 Å². The number of benzene rings is 2. The summed E-state index contributed by atoms with van der Waals surface area (Å²) < 4.78 is 22.4. The fraction of sp³-hybridized carbons (Fsp3) is 0.455. The Hall–Kier alpha value is -4.38. The van der Waals surface area contributed by atoms with Crippen molar-refractivity contribution in [3.05, 3.63) is 70.6 Å². The molecular weight excluding hydrogens is 564 g/mol. The molecule has 0 saturated heterocycles. The number of aryl methyl sites for hydroxylation is 3. The highest BCUT2D eigenvalue weighted by Gasteiger charge is 2.32. The molecule has 1 heterocycles. The monoisotopic (exact) mass is 608 g/mol. The number of hydrazine groups is 1. The van der Waals surface area contributed by atoms with E-state index in [0.717, 1.165) is 22.3 Å². The lowest BCUT2D eigenvalue weighted by molar-refractivity contribution is -0.158. The number of nitrogens with one attached hydrogen (secondary N) is 2. The van der Waals surface area contributed by atoms with Crippen LogP contribution in [0.5, 0.6) is 5.75 Å². The third-order valence-corrected chi connectivity index (χ3v) is 6.41. The number of amides is 2. The van der Waals surface area contributed by atoms with Gasteiger partial charge in [-0.25, -0.2) is 20.0 Å². The van der Waals surface area contributed by atoms with Crippen LogP contribution in [0.25, 0.3) is 11.5 Å². The lowest BCUT2D eigenvalue weighted by Crippen LogP contribution is -2.47. The third-order valence-electron chi connectivity index (χ3n) is 6.41. The first-order valence-corrected chi connectivity index (χ1v) is 14.6. The van der Waals surface area contributed by atoms with Crippen molar-refractivity contribution in [3.8, 4) is 17.2 Å². The van der Waals surface area contributed by atoms with Gasteiger partial charge in [0, 0.05) is 18.7 Å². The molecule has 0 aliphatic rings. The summed E-state index contributed by atoms with van der Waals surface area (Å²) in [6, 6.07) is 13.5. The van der Waals surface area contributed by atoms with Crippen molar-refractivity contribution in [1.29, 1.82) is 0 Å². The molecule has 0 atom stereocenters. The van der Waals surface area contributed by atoms with Crippen molar-refractivity contribution in [3.63, 3.8) is 0 Å². The molecule has 2 aromatic carbocycles. The first kappa shape index (κ1) is 34.1. The molecule has 0 unspecified atom stereocenters. The summed E-state index contributed by atoms with van der Waals surface area (Å²) in [6.45, 7) is 16.8. The maximum Gasteiger partial charge on any atom is 0.426 e. The van der Waals surface area contributed by atoms with Crippen molar-refractivity contribution in [1.82, 2.24) is 20.7 Å². The molecule has 0 aliphatic carbocycles. The Bertz CT molecular complexity index is 1440. The Labute approximate surface area is 259 Å². The van der Waals surface area contributed by atoms with E-state index in [9.17, 15) is 14.4 Å². The molecule has 0 aliphatic heterocycles. The topological polar surface area (TPSA) is 132 Å². The van der Waals surface area contributed by atoms with Gasteiger partial charge in [-0.3, -0.25) is 15.1 Å². The summed E-state index contributed by atoms with van der Waals surface area (Å²) in [5.74, 6) is 0.838. The SMILES string of the molecule is CCOC(=O)C(C)(C)Oc1c(C)cc(CN(CC(=O)NNC(=O)OC(C)(C)C)Cc2nc(-c3ccccc3)oc2C)cc1C. The summed E-state index contributed by atoms with van der Waals surface area (Å²) in [5.41, 5.74) is 6.95. The van der Waals surface area contributed by atoms with Gasteiger partial charge in [-0.15, -0.1) is 0 Å². The molecule has 0 bridgehead atoms. The predicted octanol–water partition coefficient (Wildman–Crippen LogP) is 5.55. The minimum Gasteiger partial charge on any atom is -0.476 e. The van der Waals surface area contributed by atoms with E-state index in [2.05, 4.69) is 10.9 Å².